The Balaban J connectivity index is 3.16. The quantitative estimate of drug-likeness (QED) is 0.495. The third kappa shape index (κ3) is 5.43. The van der Waals surface area contributed by atoms with Crippen molar-refractivity contribution in [3.63, 3.8) is 0 Å². The number of hydrogen-bond donors (Lipinski definition) is 1. The van der Waals surface area contributed by atoms with Gasteiger partial charge in [0, 0.05) is 0 Å². The van der Waals surface area contributed by atoms with Crippen LogP contribution in [-0.4, -0.2) is 23.2 Å². The van der Waals surface area contributed by atoms with Crippen molar-refractivity contribution in [2.45, 2.75) is 18.7 Å². The van der Waals surface area contributed by atoms with Crippen LogP contribution in [-0.2, 0) is 4.74 Å². The highest BCUT2D eigenvalue weighted by Gasteiger charge is 2.03. The second kappa shape index (κ2) is 4.44. The third-order valence-corrected chi connectivity index (χ3v) is 1.27. The summed E-state index contributed by atoms with van der Waals surface area (Å²) in [6.45, 7) is 1.94. The summed E-state index contributed by atoms with van der Waals surface area (Å²) in [4.78, 5) is 9.74. The molecule has 4 heteroatoms. The summed E-state index contributed by atoms with van der Waals surface area (Å²) >= 11 is 5.52. The van der Waals surface area contributed by atoms with Gasteiger partial charge in [-0.1, -0.05) is 6.92 Å². The molecule has 0 aromatic carbocycles. The van der Waals surface area contributed by atoms with Crippen LogP contribution in [0.5, 0.6) is 0 Å². The average molecular weight is 153 g/mol. The van der Waals surface area contributed by atoms with Crippen LogP contribution in [0.2, 0.25) is 0 Å². The van der Waals surface area contributed by atoms with Gasteiger partial charge in [-0.25, -0.2) is 4.79 Å². The number of alkyl halides is 1. The van der Waals surface area contributed by atoms with Crippen molar-refractivity contribution in [1.29, 1.82) is 0 Å². The maximum absolute atomic E-state index is 9.74. The van der Waals surface area contributed by atoms with E-state index in [0.717, 1.165) is 6.42 Å². The number of carbonyl (C=O) groups is 1. The maximum Gasteiger partial charge on any atom is 0.505 e. The van der Waals surface area contributed by atoms with E-state index in [0.29, 0.717) is 0 Å². The lowest BCUT2D eigenvalue weighted by Gasteiger charge is -2.03. The van der Waals surface area contributed by atoms with Crippen LogP contribution >= 0.6 is 11.6 Å². The average Bonchev–Trinajstić information content (AvgIpc) is 1.83. The molecule has 0 aromatic rings. The van der Waals surface area contributed by atoms with E-state index < -0.39 is 6.16 Å². The van der Waals surface area contributed by atoms with Crippen LogP contribution in [0.4, 0.5) is 4.79 Å². The molecule has 1 unspecified atom stereocenters. The molecule has 0 fully saturated rings. The lowest BCUT2D eigenvalue weighted by Crippen LogP contribution is -2.11. The monoisotopic (exact) mass is 152 g/mol. The highest BCUT2D eigenvalue weighted by Crippen LogP contribution is 2.00. The van der Waals surface area contributed by atoms with Gasteiger partial charge < -0.3 is 9.84 Å². The number of halogens is 1. The van der Waals surface area contributed by atoms with E-state index in [9.17, 15) is 4.79 Å². The summed E-state index contributed by atoms with van der Waals surface area (Å²) < 4.78 is 4.18. The largest absolute Gasteiger partial charge is 0.505 e. The molecule has 0 bridgehead atoms. The molecule has 3 nitrogen and oxygen atoms in total. The molecule has 0 saturated carbocycles. The molecule has 54 valence electrons. The van der Waals surface area contributed by atoms with Crippen LogP contribution in [0.1, 0.15) is 13.3 Å². The predicted molar refractivity (Wildman–Crippen MR) is 33.9 cm³/mol. The SMILES string of the molecule is CCC(Cl)COC(=O)O. The van der Waals surface area contributed by atoms with Crippen LogP contribution in [0.25, 0.3) is 0 Å². The topological polar surface area (TPSA) is 46.5 Å². The van der Waals surface area contributed by atoms with Gasteiger partial charge in [0.1, 0.15) is 6.61 Å². The molecule has 0 radical (unpaired) electrons. The van der Waals surface area contributed by atoms with Crippen molar-refractivity contribution in [2.75, 3.05) is 6.61 Å². The number of hydrogen-bond acceptors (Lipinski definition) is 2. The Kier molecular flexibility index (Phi) is 4.22. The Morgan fingerprint density at radius 3 is 2.78 bits per heavy atom. The minimum absolute atomic E-state index is 0.0768. The standard InChI is InChI=1S/C5H9ClO3/c1-2-4(6)3-9-5(7)8/h4H,2-3H2,1H3,(H,7,8). The van der Waals surface area contributed by atoms with Gasteiger partial charge in [-0.15, -0.1) is 11.6 Å². The molecule has 0 rings (SSSR count). The fraction of sp³-hybridized carbons (Fsp3) is 0.800. The molecule has 0 spiro atoms. The molecule has 0 aromatic heterocycles. The zero-order valence-electron chi connectivity index (χ0n) is 5.13. The number of ether oxygens (including phenoxy) is 1. The van der Waals surface area contributed by atoms with Gasteiger partial charge in [0.15, 0.2) is 0 Å². The zero-order valence-corrected chi connectivity index (χ0v) is 5.89. The van der Waals surface area contributed by atoms with Gasteiger partial charge in [-0.3, -0.25) is 0 Å². The minimum atomic E-state index is -1.27. The molecule has 0 heterocycles. The van der Waals surface area contributed by atoms with Gasteiger partial charge in [0.2, 0.25) is 0 Å². The Bertz CT molecular complexity index is 94.2. The van der Waals surface area contributed by atoms with Crippen LogP contribution < -0.4 is 0 Å². The summed E-state index contributed by atoms with van der Waals surface area (Å²) in [6, 6.07) is 0. The van der Waals surface area contributed by atoms with Crippen molar-refractivity contribution in [3.05, 3.63) is 0 Å². The first kappa shape index (κ1) is 8.56. The van der Waals surface area contributed by atoms with Crippen LogP contribution in [0.3, 0.4) is 0 Å². The Morgan fingerprint density at radius 2 is 2.44 bits per heavy atom. The molecule has 1 atom stereocenters. The Morgan fingerprint density at radius 1 is 1.89 bits per heavy atom. The van der Waals surface area contributed by atoms with Crippen molar-refractivity contribution >= 4 is 17.8 Å². The highest BCUT2D eigenvalue weighted by atomic mass is 35.5. The molecular weight excluding hydrogens is 144 g/mol. The fourth-order valence-electron chi connectivity index (χ4n) is 0.280. The van der Waals surface area contributed by atoms with Crippen LogP contribution in [0, 0.1) is 0 Å². The molecule has 0 aliphatic heterocycles. The van der Waals surface area contributed by atoms with E-state index in [1.165, 1.54) is 0 Å². The second-order valence-corrected chi connectivity index (χ2v) is 2.20. The first-order chi connectivity index (χ1) is 4.16. The summed E-state index contributed by atoms with van der Waals surface area (Å²) in [6.07, 6.45) is -0.552. The molecule has 0 saturated heterocycles. The van der Waals surface area contributed by atoms with Gasteiger partial charge in [-0.05, 0) is 6.42 Å². The van der Waals surface area contributed by atoms with Gasteiger partial charge >= 0.3 is 6.16 Å². The molecule has 9 heavy (non-hydrogen) atoms. The number of rotatable bonds is 3. The first-order valence-electron chi connectivity index (χ1n) is 2.66. The van der Waals surface area contributed by atoms with Crippen molar-refractivity contribution in [2.24, 2.45) is 0 Å². The van der Waals surface area contributed by atoms with Gasteiger partial charge in [0.05, 0.1) is 5.38 Å². The van der Waals surface area contributed by atoms with E-state index >= 15 is 0 Å². The summed E-state index contributed by atoms with van der Waals surface area (Å²) in [5, 5.41) is 7.78. The molecule has 0 amide bonds. The van der Waals surface area contributed by atoms with Gasteiger partial charge in [0.25, 0.3) is 0 Å². The summed E-state index contributed by atoms with van der Waals surface area (Å²) in [5.74, 6) is 0. The highest BCUT2D eigenvalue weighted by molar-refractivity contribution is 6.20. The molecule has 0 aliphatic carbocycles. The summed E-state index contributed by atoms with van der Waals surface area (Å²) in [5.41, 5.74) is 0. The third-order valence-electron chi connectivity index (χ3n) is 0.831. The van der Waals surface area contributed by atoms with E-state index in [1.54, 1.807) is 0 Å². The molecule has 1 N–H and O–H groups in total. The van der Waals surface area contributed by atoms with E-state index in [2.05, 4.69) is 4.74 Å². The van der Waals surface area contributed by atoms with E-state index in [4.69, 9.17) is 16.7 Å². The fourth-order valence-corrected chi connectivity index (χ4v) is 0.343. The van der Waals surface area contributed by atoms with Gasteiger partial charge in [-0.2, -0.15) is 0 Å². The van der Waals surface area contributed by atoms with Crippen molar-refractivity contribution < 1.29 is 14.6 Å². The van der Waals surface area contributed by atoms with E-state index in [-0.39, 0.29) is 12.0 Å². The minimum Gasteiger partial charge on any atom is -0.450 e. The van der Waals surface area contributed by atoms with E-state index in [1.807, 2.05) is 6.92 Å². The second-order valence-electron chi connectivity index (χ2n) is 1.58. The smallest absolute Gasteiger partial charge is 0.450 e. The normalized spacial score (nSPS) is 12.7. The lowest BCUT2D eigenvalue weighted by atomic mass is 10.3. The predicted octanol–water partition coefficient (Wildman–Crippen LogP) is 1.70. The maximum atomic E-state index is 9.74. The molecule has 0 aliphatic rings. The van der Waals surface area contributed by atoms with Crippen molar-refractivity contribution in [3.8, 4) is 0 Å². The van der Waals surface area contributed by atoms with Crippen LogP contribution in [0.15, 0.2) is 0 Å². The molecular formula is C5H9ClO3. The Labute approximate surface area is 58.6 Å². The Hall–Kier alpha value is -0.440. The first-order valence-corrected chi connectivity index (χ1v) is 3.10. The lowest BCUT2D eigenvalue weighted by molar-refractivity contribution is 0.0913. The van der Waals surface area contributed by atoms with Crippen molar-refractivity contribution in [1.82, 2.24) is 0 Å². The summed E-state index contributed by atoms with van der Waals surface area (Å²) in [7, 11) is 0. The number of carboxylic acid groups (broad SMARTS) is 1. The zero-order chi connectivity index (χ0) is 7.28.